The van der Waals surface area contributed by atoms with Crippen LogP contribution >= 0.6 is 0 Å². The van der Waals surface area contributed by atoms with Gasteiger partial charge in [-0.2, -0.15) is 10.1 Å². The van der Waals surface area contributed by atoms with E-state index in [1.54, 1.807) is 6.20 Å². The van der Waals surface area contributed by atoms with Crippen molar-refractivity contribution in [3.63, 3.8) is 0 Å². The second kappa shape index (κ2) is 8.02. The van der Waals surface area contributed by atoms with E-state index in [1.165, 1.54) is 5.56 Å². The van der Waals surface area contributed by atoms with E-state index >= 15 is 0 Å². The standard InChI is InChI=1S/C23H29N7O/c1-14(2)25-22-24-11-10-19(26-22)30-12-17-18(13-30)28-29-20(17)27-21(31)15-6-8-16(9-7-15)23(3,4)5/h6-11,14H,12-13H2,1-5H3,(H,24,25,26)(H2,27,28,29,31). The molecule has 1 aromatic carbocycles. The van der Waals surface area contributed by atoms with Gasteiger partial charge in [0, 0.05) is 23.4 Å². The van der Waals surface area contributed by atoms with Crippen molar-refractivity contribution in [2.75, 3.05) is 15.5 Å². The monoisotopic (exact) mass is 419 g/mol. The summed E-state index contributed by atoms with van der Waals surface area (Å²) in [6, 6.07) is 9.88. The Balaban J connectivity index is 1.46. The van der Waals surface area contributed by atoms with Crippen LogP contribution in [-0.4, -0.2) is 32.1 Å². The fraction of sp³-hybridized carbons (Fsp3) is 0.391. The maximum absolute atomic E-state index is 12.8. The highest BCUT2D eigenvalue weighted by Gasteiger charge is 2.27. The smallest absolute Gasteiger partial charge is 0.256 e. The summed E-state index contributed by atoms with van der Waals surface area (Å²) < 4.78 is 0. The molecular formula is C23H29N7O. The van der Waals surface area contributed by atoms with Crippen molar-refractivity contribution in [2.45, 2.75) is 59.2 Å². The highest BCUT2D eigenvalue weighted by atomic mass is 16.1. The first kappa shape index (κ1) is 20.8. The summed E-state index contributed by atoms with van der Waals surface area (Å²) in [5.74, 6) is 1.91. The average molecular weight is 420 g/mol. The summed E-state index contributed by atoms with van der Waals surface area (Å²) >= 11 is 0. The summed E-state index contributed by atoms with van der Waals surface area (Å²) in [6.45, 7) is 11.8. The fourth-order valence-electron chi connectivity index (χ4n) is 3.56. The second-order valence-corrected chi connectivity index (χ2v) is 9.20. The van der Waals surface area contributed by atoms with E-state index < -0.39 is 0 Å². The number of nitrogens with zero attached hydrogens (tertiary/aromatic N) is 4. The quantitative estimate of drug-likeness (QED) is 0.576. The van der Waals surface area contributed by atoms with Crippen LogP contribution in [0.2, 0.25) is 0 Å². The number of rotatable bonds is 5. The molecule has 2 aromatic heterocycles. The van der Waals surface area contributed by atoms with E-state index in [0.717, 1.165) is 17.1 Å². The molecule has 1 amide bonds. The van der Waals surface area contributed by atoms with E-state index in [2.05, 4.69) is 56.5 Å². The number of hydrogen-bond donors (Lipinski definition) is 3. The molecule has 3 heterocycles. The number of anilines is 3. The molecule has 4 rings (SSSR count). The number of hydrogen-bond acceptors (Lipinski definition) is 6. The third kappa shape index (κ3) is 4.52. The SMILES string of the molecule is CC(C)Nc1nccc(N2Cc3n[nH]c(NC(=O)c4ccc(C(C)(C)C)cc4)c3C2)n1. The normalized spacial score (nSPS) is 13.4. The molecule has 0 atom stereocenters. The van der Waals surface area contributed by atoms with Crippen molar-refractivity contribution in [1.82, 2.24) is 20.2 Å². The Morgan fingerprint density at radius 3 is 2.55 bits per heavy atom. The number of fused-ring (bicyclic) bond motifs is 1. The average Bonchev–Trinajstić information content (AvgIpc) is 3.29. The van der Waals surface area contributed by atoms with Gasteiger partial charge in [-0.1, -0.05) is 32.9 Å². The Morgan fingerprint density at radius 2 is 1.87 bits per heavy atom. The summed E-state index contributed by atoms with van der Waals surface area (Å²) in [5.41, 5.74) is 3.76. The molecule has 0 saturated heterocycles. The Morgan fingerprint density at radius 1 is 1.13 bits per heavy atom. The van der Waals surface area contributed by atoms with Crippen LogP contribution in [0.25, 0.3) is 0 Å². The molecule has 31 heavy (non-hydrogen) atoms. The highest BCUT2D eigenvalue weighted by Crippen LogP contribution is 2.31. The lowest BCUT2D eigenvalue weighted by Gasteiger charge is -2.19. The number of amides is 1. The van der Waals surface area contributed by atoms with E-state index in [4.69, 9.17) is 0 Å². The van der Waals surface area contributed by atoms with Crippen LogP contribution < -0.4 is 15.5 Å². The van der Waals surface area contributed by atoms with Gasteiger partial charge >= 0.3 is 0 Å². The van der Waals surface area contributed by atoms with Crippen molar-refractivity contribution in [1.29, 1.82) is 0 Å². The van der Waals surface area contributed by atoms with Crippen molar-refractivity contribution in [3.8, 4) is 0 Å². The van der Waals surface area contributed by atoms with Crippen molar-refractivity contribution >= 4 is 23.5 Å². The predicted molar refractivity (Wildman–Crippen MR) is 122 cm³/mol. The minimum Gasteiger partial charge on any atom is -0.352 e. The molecule has 8 nitrogen and oxygen atoms in total. The van der Waals surface area contributed by atoms with E-state index in [1.807, 2.05) is 44.2 Å². The van der Waals surface area contributed by atoms with Crippen molar-refractivity contribution in [2.24, 2.45) is 0 Å². The van der Waals surface area contributed by atoms with Crippen LogP contribution in [0.5, 0.6) is 0 Å². The maximum Gasteiger partial charge on any atom is 0.256 e. The Labute approximate surface area is 182 Å². The minimum atomic E-state index is -0.157. The molecule has 8 heteroatoms. The summed E-state index contributed by atoms with van der Waals surface area (Å²) in [5, 5.41) is 13.6. The number of nitrogens with one attached hydrogen (secondary N) is 3. The molecule has 0 saturated carbocycles. The molecule has 0 radical (unpaired) electrons. The van der Waals surface area contributed by atoms with Crippen LogP contribution in [0.3, 0.4) is 0 Å². The number of aromatic nitrogens is 4. The number of carbonyl (C=O) groups excluding carboxylic acids is 1. The maximum atomic E-state index is 12.8. The van der Waals surface area contributed by atoms with Gasteiger partial charge in [0.15, 0.2) is 0 Å². The van der Waals surface area contributed by atoms with Crippen LogP contribution in [-0.2, 0) is 18.5 Å². The van der Waals surface area contributed by atoms with Gasteiger partial charge in [-0.25, -0.2) is 4.98 Å². The third-order valence-corrected chi connectivity index (χ3v) is 5.28. The Kier molecular flexibility index (Phi) is 5.39. The molecule has 1 aliphatic rings. The Hall–Kier alpha value is -3.42. The molecule has 3 N–H and O–H groups in total. The first-order chi connectivity index (χ1) is 14.7. The first-order valence-electron chi connectivity index (χ1n) is 10.5. The molecule has 162 valence electrons. The predicted octanol–water partition coefficient (Wildman–Crippen LogP) is 4.09. The molecule has 0 unspecified atom stereocenters. The zero-order chi connectivity index (χ0) is 22.2. The zero-order valence-electron chi connectivity index (χ0n) is 18.7. The number of benzene rings is 1. The topological polar surface area (TPSA) is 98.8 Å². The van der Waals surface area contributed by atoms with Gasteiger partial charge in [0.25, 0.3) is 5.91 Å². The van der Waals surface area contributed by atoms with E-state index in [0.29, 0.717) is 30.4 Å². The number of H-pyrrole nitrogens is 1. The third-order valence-electron chi connectivity index (χ3n) is 5.28. The number of aromatic amines is 1. The summed E-state index contributed by atoms with van der Waals surface area (Å²) in [7, 11) is 0. The lowest BCUT2D eigenvalue weighted by molar-refractivity contribution is 0.102. The molecule has 1 aliphatic heterocycles. The lowest BCUT2D eigenvalue weighted by atomic mass is 9.87. The van der Waals surface area contributed by atoms with Gasteiger partial charge in [-0.05, 0) is 43.0 Å². The molecule has 0 bridgehead atoms. The minimum absolute atomic E-state index is 0.0498. The fourth-order valence-corrected chi connectivity index (χ4v) is 3.56. The summed E-state index contributed by atoms with van der Waals surface area (Å²) in [4.78, 5) is 23.8. The van der Waals surface area contributed by atoms with Gasteiger partial charge in [0.1, 0.15) is 11.6 Å². The Bertz CT molecular complexity index is 1080. The molecular weight excluding hydrogens is 390 g/mol. The lowest BCUT2D eigenvalue weighted by Crippen LogP contribution is -2.20. The van der Waals surface area contributed by atoms with Crippen molar-refractivity contribution in [3.05, 3.63) is 58.9 Å². The summed E-state index contributed by atoms with van der Waals surface area (Å²) in [6.07, 6.45) is 1.75. The molecule has 0 aliphatic carbocycles. The van der Waals surface area contributed by atoms with Crippen LogP contribution in [0, 0.1) is 0 Å². The molecule has 0 spiro atoms. The van der Waals surface area contributed by atoms with Gasteiger partial charge < -0.3 is 15.5 Å². The second-order valence-electron chi connectivity index (χ2n) is 9.20. The zero-order valence-corrected chi connectivity index (χ0v) is 18.7. The highest BCUT2D eigenvalue weighted by molar-refractivity contribution is 6.04. The van der Waals surface area contributed by atoms with E-state index in [9.17, 15) is 4.79 Å². The largest absolute Gasteiger partial charge is 0.352 e. The van der Waals surface area contributed by atoms with Crippen LogP contribution in [0.4, 0.5) is 17.6 Å². The molecule has 3 aromatic rings. The van der Waals surface area contributed by atoms with Crippen molar-refractivity contribution < 1.29 is 4.79 Å². The van der Waals surface area contributed by atoms with Crippen LogP contribution in [0.15, 0.2) is 36.5 Å². The van der Waals surface area contributed by atoms with Crippen LogP contribution in [0.1, 0.15) is 61.8 Å². The number of carbonyl (C=O) groups is 1. The van der Waals surface area contributed by atoms with Gasteiger partial charge in [0.2, 0.25) is 5.95 Å². The molecule has 0 fully saturated rings. The first-order valence-corrected chi connectivity index (χ1v) is 10.5. The van der Waals surface area contributed by atoms with Gasteiger partial charge in [-0.3, -0.25) is 9.89 Å². The van der Waals surface area contributed by atoms with Gasteiger partial charge in [0.05, 0.1) is 18.8 Å². The van der Waals surface area contributed by atoms with E-state index in [-0.39, 0.29) is 17.4 Å². The van der Waals surface area contributed by atoms with Gasteiger partial charge in [-0.15, -0.1) is 0 Å².